The highest BCUT2D eigenvalue weighted by Crippen LogP contribution is 2.35. The predicted octanol–water partition coefficient (Wildman–Crippen LogP) is 6.57. The molecule has 1 aromatic heterocycles. The second-order valence-corrected chi connectivity index (χ2v) is 8.42. The molecular weight excluding hydrogens is 440 g/mol. The zero-order valence-electron chi connectivity index (χ0n) is 18.6. The van der Waals surface area contributed by atoms with Gasteiger partial charge < -0.3 is 13.9 Å². The summed E-state index contributed by atoms with van der Waals surface area (Å²) in [7, 11) is 0. The van der Waals surface area contributed by atoms with Gasteiger partial charge in [-0.1, -0.05) is 47.5 Å². The summed E-state index contributed by atoms with van der Waals surface area (Å²) >= 11 is 6.40. The maximum atomic E-state index is 13.4. The van der Waals surface area contributed by atoms with Crippen LogP contribution in [0.4, 0.5) is 0 Å². The molecule has 0 aliphatic heterocycles. The molecule has 0 atom stereocenters. The van der Waals surface area contributed by atoms with Gasteiger partial charge in [0.05, 0.1) is 22.1 Å². The van der Waals surface area contributed by atoms with Gasteiger partial charge in [-0.15, -0.1) is 0 Å². The van der Waals surface area contributed by atoms with Crippen LogP contribution >= 0.6 is 11.6 Å². The van der Waals surface area contributed by atoms with E-state index in [-0.39, 0.29) is 35.6 Å². The van der Waals surface area contributed by atoms with Gasteiger partial charge in [0.2, 0.25) is 11.2 Å². The molecule has 0 aliphatic carbocycles. The van der Waals surface area contributed by atoms with E-state index in [1.165, 1.54) is 0 Å². The zero-order valence-corrected chi connectivity index (χ0v) is 19.3. The molecule has 168 valence electrons. The molecule has 0 saturated heterocycles. The molecule has 0 bridgehead atoms. The van der Waals surface area contributed by atoms with Gasteiger partial charge in [0.25, 0.3) is 0 Å². The van der Waals surface area contributed by atoms with Gasteiger partial charge in [-0.3, -0.25) is 4.79 Å². The number of halogens is 1. The summed E-state index contributed by atoms with van der Waals surface area (Å²) in [4.78, 5) is 25.4. The smallest absolute Gasteiger partial charge is 0.338 e. The van der Waals surface area contributed by atoms with Crippen molar-refractivity contribution in [2.24, 2.45) is 0 Å². The van der Waals surface area contributed by atoms with Crippen LogP contribution in [0.3, 0.4) is 0 Å². The van der Waals surface area contributed by atoms with Crippen molar-refractivity contribution in [3.8, 4) is 17.1 Å². The summed E-state index contributed by atoms with van der Waals surface area (Å²) in [6, 6.07) is 19.4. The summed E-state index contributed by atoms with van der Waals surface area (Å²) in [5.41, 5.74) is 2.93. The average molecular weight is 463 g/mol. The number of ether oxygens (including phenoxy) is 2. The van der Waals surface area contributed by atoms with Gasteiger partial charge in [0, 0.05) is 5.56 Å². The molecule has 5 nitrogen and oxygen atoms in total. The van der Waals surface area contributed by atoms with E-state index < -0.39 is 0 Å². The Morgan fingerprint density at radius 2 is 1.76 bits per heavy atom. The third-order valence-corrected chi connectivity index (χ3v) is 5.37. The predicted molar refractivity (Wildman–Crippen MR) is 129 cm³/mol. The van der Waals surface area contributed by atoms with Crippen molar-refractivity contribution in [1.29, 1.82) is 0 Å². The SMILES string of the molecule is Cc1ccc2oc(-c3ccccc3Cl)c(OCc3ccc(C(=O)OC(C)C)cc3)c(=O)c2c1. The van der Waals surface area contributed by atoms with Gasteiger partial charge in [-0.05, 0) is 62.7 Å². The van der Waals surface area contributed by atoms with Gasteiger partial charge in [0.15, 0.2) is 5.76 Å². The first-order valence-corrected chi connectivity index (χ1v) is 11.0. The summed E-state index contributed by atoms with van der Waals surface area (Å²) in [5, 5.41) is 0.887. The van der Waals surface area contributed by atoms with E-state index in [0.717, 1.165) is 11.1 Å². The van der Waals surface area contributed by atoms with Crippen LogP contribution in [0, 0.1) is 6.92 Å². The second kappa shape index (κ2) is 9.51. The van der Waals surface area contributed by atoms with Gasteiger partial charge in [-0.25, -0.2) is 4.79 Å². The fourth-order valence-corrected chi connectivity index (χ4v) is 3.64. The van der Waals surface area contributed by atoms with Gasteiger partial charge in [-0.2, -0.15) is 0 Å². The number of benzene rings is 3. The molecule has 0 spiro atoms. The molecule has 6 heteroatoms. The lowest BCUT2D eigenvalue weighted by Gasteiger charge is -2.13. The largest absolute Gasteiger partial charge is 0.481 e. The van der Waals surface area contributed by atoms with E-state index in [9.17, 15) is 9.59 Å². The van der Waals surface area contributed by atoms with Crippen LogP contribution in [0.25, 0.3) is 22.3 Å². The Hall–Kier alpha value is -3.57. The molecule has 33 heavy (non-hydrogen) atoms. The van der Waals surface area contributed by atoms with Crippen molar-refractivity contribution in [3.05, 3.63) is 98.7 Å². The van der Waals surface area contributed by atoms with Crippen molar-refractivity contribution in [3.63, 3.8) is 0 Å². The van der Waals surface area contributed by atoms with E-state index in [1.54, 1.807) is 68.4 Å². The highest BCUT2D eigenvalue weighted by Gasteiger charge is 2.20. The standard InChI is InChI=1S/C27H23ClO5/c1-16(2)32-27(30)19-11-9-18(10-12-19)15-31-26-24(29)21-14-17(3)8-13-23(21)33-25(26)20-6-4-5-7-22(20)28/h4-14,16H,15H2,1-3H3. The Labute approximate surface area is 196 Å². The molecule has 0 saturated carbocycles. The molecule has 0 amide bonds. The van der Waals surface area contributed by atoms with E-state index in [4.69, 9.17) is 25.5 Å². The van der Waals surface area contributed by atoms with Crippen molar-refractivity contribution >= 4 is 28.5 Å². The first-order valence-electron chi connectivity index (χ1n) is 10.6. The van der Waals surface area contributed by atoms with Gasteiger partial charge in [0.1, 0.15) is 12.2 Å². The van der Waals surface area contributed by atoms with Crippen molar-refractivity contribution < 1.29 is 18.7 Å². The van der Waals surface area contributed by atoms with E-state index >= 15 is 0 Å². The first kappa shape index (κ1) is 22.6. The number of carbonyl (C=O) groups excluding carboxylic acids is 1. The summed E-state index contributed by atoms with van der Waals surface area (Å²) in [6.45, 7) is 5.62. The molecular formula is C27H23ClO5. The number of carbonyl (C=O) groups is 1. The van der Waals surface area contributed by atoms with E-state index in [2.05, 4.69) is 0 Å². The monoisotopic (exact) mass is 462 g/mol. The number of hydrogen-bond acceptors (Lipinski definition) is 5. The normalized spacial score (nSPS) is 11.1. The van der Waals surface area contributed by atoms with E-state index in [0.29, 0.717) is 27.1 Å². The number of rotatable bonds is 6. The minimum absolute atomic E-state index is 0.0875. The van der Waals surface area contributed by atoms with Crippen LogP contribution in [0.1, 0.15) is 35.3 Å². The maximum absolute atomic E-state index is 13.4. The molecule has 0 fully saturated rings. The molecule has 0 aliphatic rings. The average Bonchev–Trinajstić information content (AvgIpc) is 2.79. The van der Waals surface area contributed by atoms with Gasteiger partial charge >= 0.3 is 5.97 Å². The summed E-state index contributed by atoms with van der Waals surface area (Å²) < 4.78 is 17.3. The maximum Gasteiger partial charge on any atom is 0.338 e. The zero-order chi connectivity index (χ0) is 23.5. The number of hydrogen-bond donors (Lipinski definition) is 0. The quantitative estimate of drug-likeness (QED) is 0.303. The van der Waals surface area contributed by atoms with Crippen LogP contribution in [0.15, 0.2) is 75.9 Å². The third kappa shape index (κ3) is 4.94. The second-order valence-electron chi connectivity index (χ2n) is 8.01. The Balaban J connectivity index is 1.70. The van der Waals surface area contributed by atoms with Crippen LogP contribution in [0.2, 0.25) is 5.02 Å². The minimum Gasteiger partial charge on any atom is -0.481 e. The van der Waals surface area contributed by atoms with E-state index in [1.807, 2.05) is 19.1 Å². The lowest BCUT2D eigenvalue weighted by atomic mass is 10.1. The Morgan fingerprint density at radius 1 is 1.03 bits per heavy atom. The molecule has 1 heterocycles. The highest BCUT2D eigenvalue weighted by atomic mass is 35.5. The lowest BCUT2D eigenvalue weighted by molar-refractivity contribution is 0.0378. The van der Waals surface area contributed by atoms with Crippen LogP contribution in [0.5, 0.6) is 5.75 Å². The molecule has 0 radical (unpaired) electrons. The lowest BCUT2D eigenvalue weighted by Crippen LogP contribution is -2.12. The summed E-state index contributed by atoms with van der Waals surface area (Å²) in [6.07, 6.45) is -0.195. The minimum atomic E-state index is -0.385. The Kier molecular flexibility index (Phi) is 6.52. The topological polar surface area (TPSA) is 65.7 Å². The summed E-state index contributed by atoms with van der Waals surface area (Å²) in [5.74, 6) is -0.0207. The fourth-order valence-electron chi connectivity index (χ4n) is 3.42. The fraction of sp³-hybridized carbons (Fsp3) is 0.185. The molecule has 4 rings (SSSR count). The Bertz CT molecular complexity index is 1370. The Morgan fingerprint density at radius 3 is 2.45 bits per heavy atom. The number of aryl methyl sites for hydroxylation is 1. The van der Waals surface area contributed by atoms with Crippen molar-refractivity contribution in [1.82, 2.24) is 0 Å². The van der Waals surface area contributed by atoms with Crippen LogP contribution in [-0.4, -0.2) is 12.1 Å². The number of esters is 1. The molecule has 3 aromatic carbocycles. The molecule has 0 N–H and O–H groups in total. The molecule has 4 aromatic rings. The van der Waals surface area contributed by atoms with Crippen molar-refractivity contribution in [2.75, 3.05) is 0 Å². The third-order valence-electron chi connectivity index (χ3n) is 5.04. The first-order chi connectivity index (χ1) is 15.8. The molecule has 0 unspecified atom stereocenters. The number of fused-ring (bicyclic) bond motifs is 1. The van der Waals surface area contributed by atoms with Crippen LogP contribution < -0.4 is 10.2 Å². The van der Waals surface area contributed by atoms with Crippen molar-refractivity contribution in [2.45, 2.75) is 33.5 Å². The highest BCUT2D eigenvalue weighted by molar-refractivity contribution is 6.33. The van der Waals surface area contributed by atoms with Crippen LogP contribution in [-0.2, 0) is 11.3 Å².